The lowest BCUT2D eigenvalue weighted by Gasteiger charge is -2.54. The molecule has 1 heterocycles. The summed E-state index contributed by atoms with van der Waals surface area (Å²) in [5.74, 6) is 0.154. The molecule has 6 atom stereocenters. The summed E-state index contributed by atoms with van der Waals surface area (Å²) >= 11 is 1.38. The molecule has 0 amide bonds. The van der Waals surface area contributed by atoms with Gasteiger partial charge in [-0.15, -0.1) is 11.3 Å². The number of fused-ring (bicyclic) bond motifs is 3. The zero-order valence-corrected chi connectivity index (χ0v) is 21.2. The molecular weight excluding hydrogens is 436 g/mol. The number of Topliss-reactive ketones (excluding diaryl/α,β-unsaturated/α-hetero) is 2. The molecule has 0 spiro atoms. The van der Waals surface area contributed by atoms with E-state index in [0.717, 1.165) is 38.7 Å². The second kappa shape index (κ2) is 11.1. The number of allylic oxidation sites excluding steroid dienone is 1. The number of rotatable bonds is 5. The van der Waals surface area contributed by atoms with Gasteiger partial charge in [0.15, 0.2) is 5.78 Å². The standard InChI is InChI=1S/C24H30O4S.C3H8O/c1-4-15-11-17-16-7-5-9-24(3,13-28-23(27)20-8-6-10-29-20)18(16)12-19(25)21(17)22(26)14(15)2;1-3-4-2/h6,8,10,15-18,21H,2,4-5,7,9,11-13H2,1,3H3;3H2,1-2H3/t15-,16?,17?,18?,21?,24-;/m0./s1. The van der Waals surface area contributed by atoms with Gasteiger partial charge in [-0.05, 0) is 73.3 Å². The Hall–Kier alpha value is -1.79. The first-order valence-electron chi connectivity index (χ1n) is 12.2. The maximum absolute atomic E-state index is 13.1. The van der Waals surface area contributed by atoms with Crippen molar-refractivity contribution in [1.29, 1.82) is 0 Å². The van der Waals surface area contributed by atoms with Crippen LogP contribution in [0.5, 0.6) is 0 Å². The molecule has 3 aliphatic carbocycles. The van der Waals surface area contributed by atoms with Gasteiger partial charge in [-0.3, -0.25) is 9.59 Å². The molecule has 0 bridgehead atoms. The molecule has 1 aromatic heterocycles. The summed E-state index contributed by atoms with van der Waals surface area (Å²) < 4.78 is 10.3. The lowest BCUT2D eigenvalue weighted by Crippen LogP contribution is -2.54. The first-order valence-corrected chi connectivity index (χ1v) is 13.1. The second-order valence-corrected chi connectivity index (χ2v) is 10.9. The van der Waals surface area contributed by atoms with Crippen molar-refractivity contribution in [2.24, 2.45) is 35.0 Å². The van der Waals surface area contributed by atoms with Crippen LogP contribution in [0.3, 0.4) is 0 Å². The van der Waals surface area contributed by atoms with Gasteiger partial charge in [0.05, 0.1) is 12.5 Å². The summed E-state index contributed by atoms with van der Waals surface area (Å²) in [4.78, 5) is 39.0. The third kappa shape index (κ3) is 5.32. The molecule has 3 saturated carbocycles. The van der Waals surface area contributed by atoms with Gasteiger partial charge in [-0.2, -0.15) is 0 Å². The van der Waals surface area contributed by atoms with Gasteiger partial charge in [-0.25, -0.2) is 4.79 Å². The van der Waals surface area contributed by atoms with E-state index in [0.29, 0.717) is 29.4 Å². The van der Waals surface area contributed by atoms with Gasteiger partial charge in [0, 0.05) is 25.6 Å². The summed E-state index contributed by atoms with van der Waals surface area (Å²) in [5.41, 5.74) is 0.444. The molecule has 182 valence electrons. The molecule has 0 radical (unpaired) electrons. The molecule has 33 heavy (non-hydrogen) atoms. The average molecular weight is 475 g/mol. The van der Waals surface area contributed by atoms with E-state index in [4.69, 9.17) is 4.74 Å². The smallest absolute Gasteiger partial charge is 0.348 e. The van der Waals surface area contributed by atoms with E-state index in [9.17, 15) is 14.4 Å². The van der Waals surface area contributed by atoms with Crippen LogP contribution < -0.4 is 0 Å². The van der Waals surface area contributed by atoms with Crippen molar-refractivity contribution in [2.75, 3.05) is 20.3 Å². The number of esters is 1. The molecule has 0 aromatic carbocycles. The van der Waals surface area contributed by atoms with Crippen LogP contribution in [0.1, 0.15) is 69.0 Å². The number of ketones is 2. The number of carbonyl (C=O) groups excluding carboxylic acids is 3. The zero-order valence-electron chi connectivity index (χ0n) is 20.4. The van der Waals surface area contributed by atoms with Crippen LogP contribution >= 0.6 is 11.3 Å². The summed E-state index contributed by atoms with van der Waals surface area (Å²) in [6, 6.07) is 3.62. The minimum Gasteiger partial charge on any atom is -0.461 e. The van der Waals surface area contributed by atoms with Crippen molar-refractivity contribution in [3.8, 4) is 0 Å². The maximum Gasteiger partial charge on any atom is 0.348 e. The van der Waals surface area contributed by atoms with E-state index in [-0.39, 0.29) is 40.7 Å². The van der Waals surface area contributed by atoms with E-state index in [1.807, 2.05) is 18.4 Å². The number of hydrogen-bond acceptors (Lipinski definition) is 6. The molecular formula is C27H38O5S. The van der Waals surface area contributed by atoms with E-state index >= 15 is 0 Å². The van der Waals surface area contributed by atoms with Crippen molar-refractivity contribution >= 4 is 28.9 Å². The third-order valence-corrected chi connectivity index (χ3v) is 8.98. The number of hydrogen-bond donors (Lipinski definition) is 0. The predicted octanol–water partition coefficient (Wildman–Crippen LogP) is 5.74. The van der Waals surface area contributed by atoms with Gasteiger partial charge in [0.2, 0.25) is 0 Å². The molecule has 1 aromatic rings. The number of carbonyl (C=O) groups is 3. The van der Waals surface area contributed by atoms with Gasteiger partial charge in [-0.1, -0.05) is 32.9 Å². The van der Waals surface area contributed by atoms with Crippen molar-refractivity contribution in [1.82, 2.24) is 0 Å². The zero-order chi connectivity index (χ0) is 24.2. The van der Waals surface area contributed by atoms with E-state index in [1.54, 1.807) is 13.2 Å². The van der Waals surface area contributed by atoms with E-state index in [1.165, 1.54) is 11.3 Å². The maximum atomic E-state index is 13.1. The number of thiophene rings is 1. The van der Waals surface area contributed by atoms with Crippen molar-refractivity contribution < 1.29 is 23.9 Å². The Morgan fingerprint density at radius 3 is 2.61 bits per heavy atom. The number of ether oxygens (including phenoxy) is 2. The molecule has 6 heteroatoms. The Morgan fingerprint density at radius 2 is 2.00 bits per heavy atom. The van der Waals surface area contributed by atoms with Crippen LogP contribution in [0.4, 0.5) is 0 Å². The topological polar surface area (TPSA) is 69.7 Å². The van der Waals surface area contributed by atoms with Crippen LogP contribution in [0.15, 0.2) is 29.7 Å². The fourth-order valence-electron chi connectivity index (χ4n) is 6.20. The van der Waals surface area contributed by atoms with Gasteiger partial charge in [0.25, 0.3) is 0 Å². The highest BCUT2D eigenvalue weighted by atomic mass is 32.1. The lowest BCUT2D eigenvalue weighted by atomic mass is 9.49. The van der Waals surface area contributed by atoms with E-state index in [2.05, 4.69) is 25.2 Å². The summed E-state index contributed by atoms with van der Waals surface area (Å²) in [5, 5.41) is 1.87. The summed E-state index contributed by atoms with van der Waals surface area (Å²) in [7, 11) is 1.68. The van der Waals surface area contributed by atoms with Crippen LogP contribution in [-0.4, -0.2) is 37.9 Å². The Balaban J connectivity index is 0.000000709. The average Bonchev–Trinajstić information content (AvgIpc) is 3.35. The van der Waals surface area contributed by atoms with Crippen molar-refractivity contribution in [3.63, 3.8) is 0 Å². The third-order valence-electron chi connectivity index (χ3n) is 8.13. The minimum atomic E-state index is -0.484. The molecule has 0 aliphatic heterocycles. The van der Waals surface area contributed by atoms with Gasteiger partial charge < -0.3 is 9.47 Å². The SMILES string of the molecule is C=C1C(=O)C2C(=O)CC3C(CCC[C@@]3(C)COC(=O)c3cccs3)C2C[C@@H]1CC.CCOC. The summed E-state index contributed by atoms with van der Waals surface area (Å²) in [6.07, 6.45) is 5.28. The largest absolute Gasteiger partial charge is 0.461 e. The second-order valence-electron chi connectivity index (χ2n) is 9.99. The first kappa shape index (κ1) is 25.8. The Morgan fingerprint density at radius 1 is 1.27 bits per heavy atom. The number of methoxy groups -OCH3 is 1. The van der Waals surface area contributed by atoms with Crippen LogP contribution in [-0.2, 0) is 19.1 Å². The van der Waals surface area contributed by atoms with Crippen molar-refractivity contribution in [2.45, 2.75) is 59.3 Å². The first-order chi connectivity index (χ1) is 15.8. The normalized spacial score (nSPS) is 33.5. The van der Waals surface area contributed by atoms with E-state index < -0.39 is 5.92 Å². The summed E-state index contributed by atoms with van der Waals surface area (Å²) in [6.45, 7) is 11.4. The Bertz CT molecular complexity index is 858. The molecule has 0 saturated heterocycles. The highest BCUT2D eigenvalue weighted by molar-refractivity contribution is 7.11. The molecule has 0 N–H and O–H groups in total. The molecule has 3 fully saturated rings. The molecule has 4 rings (SSSR count). The Kier molecular flexibility index (Phi) is 8.68. The van der Waals surface area contributed by atoms with Crippen LogP contribution in [0.25, 0.3) is 0 Å². The monoisotopic (exact) mass is 474 g/mol. The highest BCUT2D eigenvalue weighted by Crippen LogP contribution is 2.57. The fourth-order valence-corrected chi connectivity index (χ4v) is 6.81. The predicted molar refractivity (Wildman–Crippen MR) is 130 cm³/mol. The fraction of sp³-hybridized carbons (Fsp3) is 0.667. The minimum absolute atomic E-state index is 0.00653. The quantitative estimate of drug-likeness (QED) is 0.309. The lowest BCUT2D eigenvalue weighted by molar-refractivity contribution is -0.149. The van der Waals surface area contributed by atoms with Crippen LogP contribution in [0.2, 0.25) is 0 Å². The Labute approximate surface area is 201 Å². The molecule has 5 nitrogen and oxygen atoms in total. The van der Waals surface area contributed by atoms with Crippen molar-refractivity contribution in [3.05, 3.63) is 34.5 Å². The van der Waals surface area contributed by atoms with Gasteiger partial charge in [0.1, 0.15) is 10.7 Å². The van der Waals surface area contributed by atoms with Gasteiger partial charge >= 0.3 is 5.97 Å². The van der Waals surface area contributed by atoms with Crippen LogP contribution in [0, 0.1) is 35.0 Å². The molecule has 3 aliphatic rings. The highest BCUT2D eigenvalue weighted by Gasteiger charge is 2.56. The molecule has 4 unspecified atom stereocenters.